The van der Waals surface area contributed by atoms with Crippen molar-refractivity contribution in [2.24, 2.45) is 0 Å². The van der Waals surface area contributed by atoms with Crippen molar-refractivity contribution in [3.05, 3.63) is 21.9 Å². The first-order valence-electron chi connectivity index (χ1n) is 5.36. The van der Waals surface area contributed by atoms with E-state index in [-0.39, 0.29) is 6.04 Å². The summed E-state index contributed by atoms with van der Waals surface area (Å²) in [7, 11) is 0. The molecule has 0 saturated carbocycles. The molecule has 2 nitrogen and oxygen atoms in total. The van der Waals surface area contributed by atoms with E-state index in [1.807, 2.05) is 18.3 Å². The molecule has 0 aliphatic carbocycles. The standard InChI is InChI=1S/C12H18N2S/c1-4-11(8-13)14-9(2)7-12-6-5-10(3)15-12/h5-6,9,11,14H,4,7H2,1-3H3. The van der Waals surface area contributed by atoms with Crippen LogP contribution in [0.1, 0.15) is 30.0 Å². The number of nitrogens with zero attached hydrogens (tertiary/aromatic N) is 1. The summed E-state index contributed by atoms with van der Waals surface area (Å²) in [6, 6.07) is 6.94. The summed E-state index contributed by atoms with van der Waals surface area (Å²) in [5, 5.41) is 12.2. The normalized spacial score (nSPS) is 14.5. The summed E-state index contributed by atoms with van der Waals surface area (Å²) in [5.41, 5.74) is 0. The summed E-state index contributed by atoms with van der Waals surface area (Å²) in [4.78, 5) is 2.74. The van der Waals surface area contributed by atoms with Crippen molar-refractivity contribution in [1.82, 2.24) is 5.32 Å². The van der Waals surface area contributed by atoms with Gasteiger partial charge in [-0.1, -0.05) is 6.92 Å². The molecule has 0 radical (unpaired) electrons. The van der Waals surface area contributed by atoms with Crippen molar-refractivity contribution in [3.63, 3.8) is 0 Å². The van der Waals surface area contributed by atoms with Crippen LogP contribution in [-0.2, 0) is 6.42 Å². The molecule has 0 amide bonds. The van der Waals surface area contributed by atoms with Gasteiger partial charge in [0.15, 0.2) is 0 Å². The van der Waals surface area contributed by atoms with Crippen LogP contribution in [0.25, 0.3) is 0 Å². The molecule has 0 spiro atoms. The number of rotatable bonds is 5. The van der Waals surface area contributed by atoms with E-state index in [4.69, 9.17) is 5.26 Å². The third-order valence-corrected chi connectivity index (χ3v) is 3.38. The zero-order valence-corrected chi connectivity index (χ0v) is 10.4. The molecule has 0 aromatic carbocycles. The number of hydrogen-bond acceptors (Lipinski definition) is 3. The van der Waals surface area contributed by atoms with Gasteiger partial charge in [0.05, 0.1) is 12.1 Å². The highest BCUT2D eigenvalue weighted by molar-refractivity contribution is 7.11. The van der Waals surface area contributed by atoms with Crippen molar-refractivity contribution in [2.45, 2.75) is 45.7 Å². The predicted octanol–water partition coefficient (Wildman–Crippen LogP) is 2.88. The monoisotopic (exact) mass is 222 g/mol. The summed E-state index contributed by atoms with van der Waals surface area (Å²) in [6.07, 6.45) is 1.88. The van der Waals surface area contributed by atoms with Gasteiger partial charge in [0, 0.05) is 15.8 Å². The lowest BCUT2D eigenvalue weighted by Crippen LogP contribution is -2.36. The molecule has 3 heteroatoms. The van der Waals surface area contributed by atoms with Crippen LogP contribution in [0.15, 0.2) is 12.1 Å². The van der Waals surface area contributed by atoms with E-state index < -0.39 is 0 Å². The number of aryl methyl sites for hydroxylation is 1. The predicted molar refractivity (Wildman–Crippen MR) is 65.0 cm³/mol. The number of thiophene rings is 1. The second kappa shape index (κ2) is 5.89. The molecular weight excluding hydrogens is 204 g/mol. The zero-order valence-electron chi connectivity index (χ0n) is 9.58. The van der Waals surface area contributed by atoms with Gasteiger partial charge < -0.3 is 0 Å². The first-order valence-corrected chi connectivity index (χ1v) is 6.18. The molecule has 0 aliphatic heterocycles. The minimum atomic E-state index is -0.0129. The molecule has 1 aromatic heterocycles. The summed E-state index contributed by atoms with van der Waals surface area (Å²) < 4.78 is 0. The fraction of sp³-hybridized carbons (Fsp3) is 0.583. The van der Waals surface area contributed by atoms with Crippen LogP contribution in [0, 0.1) is 18.3 Å². The molecule has 1 heterocycles. The molecular formula is C12H18N2S. The average Bonchev–Trinajstić information content (AvgIpc) is 2.60. The molecule has 1 N–H and O–H groups in total. The summed E-state index contributed by atoms with van der Waals surface area (Å²) in [6.45, 7) is 6.29. The van der Waals surface area contributed by atoms with E-state index >= 15 is 0 Å². The quantitative estimate of drug-likeness (QED) is 0.831. The fourth-order valence-corrected chi connectivity index (χ4v) is 2.56. The zero-order chi connectivity index (χ0) is 11.3. The van der Waals surface area contributed by atoms with Gasteiger partial charge in [-0.2, -0.15) is 5.26 Å². The Bertz CT molecular complexity index is 338. The third kappa shape index (κ3) is 4.03. The maximum absolute atomic E-state index is 8.84. The highest BCUT2D eigenvalue weighted by Crippen LogP contribution is 2.16. The Balaban J connectivity index is 2.42. The van der Waals surface area contributed by atoms with E-state index in [9.17, 15) is 0 Å². The molecule has 1 rings (SSSR count). The molecule has 2 atom stereocenters. The molecule has 0 aliphatic rings. The Morgan fingerprint density at radius 3 is 2.73 bits per heavy atom. The molecule has 15 heavy (non-hydrogen) atoms. The Kier molecular flexibility index (Phi) is 4.80. The van der Waals surface area contributed by atoms with Gasteiger partial charge in [-0.05, 0) is 38.8 Å². The topological polar surface area (TPSA) is 35.8 Å². The smallest absolute Gasteiger partial charge is 0.0952 e. The maximum Gasteiger partial charge on any atom is 0.0952 e. The number of nitrogens with one attached hydrogen (secondary N) is 1. The van der Waals surface area contributed by atoms with Gasteiger partial charge in [-0.3, -0.25) is 5.32 Å². The second-order valence-electron chi connectivity index (χ2n) is 3.87. The average molecular weight is 222 g/mol. The first-order chi connectivity index (χ1) is 7.15. The molecule has 0 bridgehead atoms. The minimum absolute atomic E-state index is 0.0129. The summed E-state index contributed by atoms with van der Waals surface area (Å²) >= 11 is 1.84. The van der Waals surface area contributed by atoms with Crippen LogP contribution in [-0.4, -0.2) is 12.1 Å². The molecule has 1 aromatic rings. The van der Waals surface area contributed by atoms with Crippen molar-refractivity contribution in [1.29, 1.82) is 5.26 Å². The van der Waals surface area contributed by atoms with E-state index in [0.29, 0.717) is 6.04 Å². The number of nitriles is 1. The van der Waals surface area contributed by atoms with Gasteiger partial charge in [-0.25, -0.2) is 0 Å². The molecule has 0 fully saturated rings. The van der Waals surface area contributed by atoms with Crippen molar-refractivity contribution in [3.8, 4) is 6.07 Å². The van der Waals surface area contributed by atoms with Gasteiger partial charge in [0.25, 0.3) is 0 Å². The van der Waals surface area contributed by atoms with Crippen LogP contribution < -0.4 is 5.32 Å². The van der Waals surface area contributed by atoms with Crippen LogP contribution >= 0.6 is 11.3 Å². The SMILES string of the molecule is CCC(C#N)NC(C)Cc1ccc(C)s1. The van der Waals surface area contributed by atoms with Crippen LogP contribution in [0.5, 0.6) is 0 Å². The van der Waals surface area contributed by atoms with Gasteiger partial charge in [0.2, 0.25) is 0 Å². The lowest BCUT2D eigenvalue weighted by Gasteiger charge is -2.16. The minimum Gasteiger partial charge on any atom is -0.299 e. The van der Waals surface area contributed by atoms with Gasteiger partial charge in [0.1, 0.15) is 0 Å². The van der Waals surface area contributed by atoms with Crippen LogP contribution in [0.2, 0.25) is 0 Å². The van der Waals surface area contributed by atoms with Crippen molar-refractivity contribution < 1.29 is 0 Å². The Morgan fingerprint density at radius 1 is 1.53 bits per heavy atom. The van der Waals surface area contributed by atoms with E-state index in [2.05, 4.69) is 37.4 Å². The van der Waals surface area contributed by atoms with Gasteiger partial charge >= 0.3 is 0 Å². The second-order valence-corrected chi connectivity index (χ2v) is 5.25. The Labute approximate surface area is 95.9 Å². The molecule has 0 saturated heterocycles. The lowest BCUT2D eigenvalue weighted by atomic mass is 10.1. The highest BCUT2D eigenvalue weighted by Gasteiger charge is 2.10. The van der Waals surface area contributed by atoms with Gasteiger partial charge in [-0.15, -0.1) is 11.3 Å². The maximum atomic E-state index is 8.84. The van der Waals surface area contributed by atoms with Crippen LogP contribution in [0.3, 0.4) is 0 Å². The van der Waals surface area contributed by atoms with Crippen molar-refractivity contribution >= 4 is 11.3 Å². The highest BCUT2D eigenvalue weighted by atomic mass is 32.1. The molecule has 82 valence electrons. The largest absolute Gasteiger partial charge is 0.299 e. The summed E-state index contributed by atoms with van der Waals surface area (Å²) in [5.74, 6) is 0. The Morgan fingerprint density at radius 2 is 2.27 bits per heavy atom. The Hall–Kier alpha value is -0.850. The lowest BCUT2D eigenvalue weighted by molar-refractivity contribution is 0.492. The van der Waals surface area contributed by atoms with Crippen molar-refractivity contribution in [2.75, 3.05) is 0 Å². The first kappa shape index (κ1) is 12.2. The van der Waals surface area contributed by atoms with E-state index in [1.165, 1.54) is 9.75 Å². The fourth-order valence-electron chi connectivity index (χ4n) is 1.55. The molecule has 2 unspecified atom stereocenters. The van der Waals surface area contributed by atoms with Crippen LogP contribution in [0.4, 0.5) is 0 Å². The van der Waals surface area contributed by atoms with E-state index in [1.54, 1.807) is 0 Å². The third-order valence-electron chi connectivity index (χ3n) is 2.35. The number of hydrogen-bond donors (Lipinski definition) is 1. The van der Waals surface area contributed by atoms with E-state index in [0.717, 1.165) is 12.8 Å².